The minimum atomic E-state index is -0.00397. The fraction of sp³-hybridized carbons (Fsp3) is 1.00. The summed E-state index contributed by atoms with van der Waals surface area (Å²) in [4.78, 5) is 5.03. The van der Waals surface area contributed by atoms with Crippen LogP contribution in [-0.4, -0.2) is 75.0 Å². The van der Waals surface area contributed by atoms with Gasteiger partial charge < -0.3 is 19.3 Å². The van der Waals surface area contributed by atoms with E-state index in [1.807, 2.05) is 0 Å². The Balaban J connectivity index is 2.06. The van der Waals surface area contributed by atoms with Gasteiger partial charge >= 0.3 is 0 Å². The highest BCUT2D eigenvalue weighted by molar-refractivity contribution is 4.94. The zero-order valence-corrected chi connectivity index (χ0v) is 16.1. The van der Waals surface area contributed by atoms with E-state index in [2.05, 4.69) is 44.7 Å². The third kappa shape index (κ3) is 6.00. The molecule has 0 aromatic carbocycles. The third-order valence-electron chi connectivity index (χ3n) is 5.16. The van der Waals surface area contributed by atoms with Gasteiger partial charge in [0.2, 0.25) is 0 Å². The van der Waals surface area contributed by atoms with Crippen LogP contribution in [0.2, 0.25) is 0 Å². The Kier molecular flexibility index (Phi) is 6.90. The molecule has 2 fully saturated rings. The van der Waals surface area contributed by atoms with Gasteiger partial charge in [-0.1, -0.05) is 6.92 Å². The van der Waals surface area contributed by atoms with Crippen LogP contribution in [0.1, 0.15) is 52.9 Å². The molecule has 2 rings (SSSR count). The summed E-state index contributed by atoms with van der Waals surface area (Å²) in [5, 5.41) is 0. The summed E-state index contributed by atoms with van der Waals surface area (Å²) in [6.07, 6.45) is 6.43. The molecule has 0 N–H and O–H groups in total. The minimum absolute atomic E-state index is 0.00397. The summed E-state index contributed by atoms with van der Waals surface area (Å²) >= 11 is 0. The summed E-state index contributed by atoms with van der Waals surface area (Å²) in [6, 6.07) is 0. The van der Waals surface area contributed by atoms with Gasteiger partial charge in [0, 0.05) is 38.3 Å². The van der Waals surface area contributed by atoms with Gasteiger partial charge in [-0.05, 0) is 66.6 Å². The molecule has 0 radical (unpaired) electrons. The Morgan fingerprint density at radius 1 is 1.13 bits per heavy atom. The third-order valence-corrected chi connectivity index (χ3v) is 5.16. The summed E-state index contributed by atoms with van der Waals surface area (Å²) < 4.78 is 11.9. The zero-order chi connectivity index (χ0) is 16.9. The van der Waals surface area contributed by atoms with E-state index in [1.165, 1.54) is 38.8 Å². The number of ether oxygens (including phenoxy) is 2. The van der Waals surface area contributed by atoms with Gasteiger partial charge in [-0.3, -0.25) is 0 Å². The van der Waals surface area contributed by atoms with Crippen molar-refractivity contribution in [3.63, 3.8) is 0 Å². The van der Waals surface area contributed by atoms with E-state index in [4.69, 9.17) is 9.47 Å². The molecule has 2 atom stereocenters. The second kappa shape index (κ2) is 8.28. The lowest BCUT2D eigenvalue weighted by Gasteiger charge is -2.48. The second-order valence-corrected chi connectivity index (χ2v) is 8.64. The first-order valence-electron chi connectivity index (χ1n) is 9.47. The first kappa shape index (κ1) is 19.2. The van der Waals surface area contributed by atoms with Crippen molar-refractivity contribution in [3.8, 4) is 0 Å². The van der Waals surface area contributed by atoms with E-state index in [0.29, 0.717) is 11.5 Å². The molecule has 0 bridgehead atoms. The van der Waals surface area contributed by atoms with Crippen LogP contribution in [0.3, 0.4) is 0 Å². The second-order valence-electron chi connectivity index (χ2n) is 8.64. The van der Waals surface area contributed by atoms with Gasteiger partial charge in [0.25, 0.3) is 0 Å². The topological polar surface area (TPSA) is 24.9 Å². The summed E-state index contributed by atoms with van der Waals surface area (Å²) in [5.74, 6) is 0. The number of hydrogen-bond acceptors (Lipinski definition) is 4. The zero-order valence-electron chi connectivity index (χ0n) is 16.1. The largest absolute Gasteiger partial charge is 0.377 e. The van der Waals surface area contributed by atoms with Crippen molar-refractivity contribution in [2.75, 3.05) is 53.5 Å². The van der Waals surface area contributed by atoms with Crippen LogP contribution in [-0.2, 0) is 9.47 Å². The van der Waals surface area contributed by atoms with Gasteiger partial charge in [-0.15, -0.1) is 0 Å². The molecule has 2 unspecified atom stereocenters. The molecule has 0 aliphatic carbocycles. The lowest BCUT2D eigenvalue weighted by molar-refractivity contribution is -0.118. The number of hydrogen-bond donors (Lipinski definition) is 0. The van der Waals surface area contributed by atoms with Crippen LogP contribution < -0.4 is 0 Å². The van der Waals surface area contributed by atoms with E-state index in [-0.39, 0.29) is 5.60 Å². The normalized spacial score (nSPS) is 31.2. The number of rotatable bonds is 8. The lowest BCUT2D eigenvalue weighted by atomic mass is 9.73. The van der Waals surface area contributed by atoms with Crippen LogP contribution >= 0.6 is 0 Å². The van der Waals surface area contributed by atoms with Crippen molar-refractivity contribution in [3.05, 3.63) is 0 Å². The smallest absolute Gasteiger partial charge is 0.0702 e. The maximum atomic E-state index is 6.02. The Bertz CT molecular complexity index is 353. The van der Waals surface area contributed by atoms with E-state index < -0.39 is 0 Å². The number of nitrogens with zero attached hydrogens (tertiary/aromatic N) is 2. The van der Waals surface area contributed by atoms with E-state index in [1.54, 1.807) is 0 Å². The SMILES string of the molecule is CCCN(CC1CCCO1)CC1(CN(C)C)CCOC(C)(C)C1. The Labute approximate surface area is 143 Å². The van der Waals surface area contributed by atoms with Crippen molar-refractivity contribution in [2.24, 2.45) is 5.41 Å². The Hall–Kier alpha value is -0.160. The van der Waals surface area contributed by atoms with Gasteiger partial charge in [0.1, 0.15) is 0 Å². The van der Waals surface area contributed by atoms with Crippen LogP contribution in [0.5, 0.6) is 0 Å². The molecule has 0 saturated carbocycles. The molecule has 2 aliphatic heterocycles. The minimum Gasteiger partial charge on any atom is -0.377 e. The molecular formula is C19H38N2O2. The predicted molar refractivity (Wildman–Crippen MR) is 96.0 cm³/mol. The molecule has 4 nitrogen and oxygen atoms in total. The van der Waals surface area contributed by atoms with Crippen molar-refractivity contribution in [1.29, 1.82) is 0 Å². The Morgan fingerprint density at radius 2 is 1.91 bits per heavy atom. The highest BCUT2D eigenvalue weighted by atomic mass is 16.5. The summed E-state index contributed by atoms with van der Waals surface area (Å²) in [7, 11) is 4.41. The van der Waals surface area contributed by atoms with Gasteiger partial charge in [0.05, 0.1) is 11.7 Å². The van der Waals surface area contributed by atoms with Crippen molar-refractivity contribution in [1.82, 2.24) is 9.80 Å². The van der Waals surface area contributed by atoms with Crippen LogP contribution in [0.25, 0.3) is 0 Å². The maximum Gasteiger partial charge on any atom is 0.0702 e. The molecule has 0 aromatic heterocycles. The molecule has 2 heterocycles. The van der Waals surface area contributed by atoms with E-state index in [9.17, 15) is 0 Å². The highest BCUT2D eigenvalue weighted by Crippen LogP contribution is 2.40. The van der Waals surface area contributed by atoms with Crippen molar-refractivity contribution < 1.29 is 9.47 Å². The van der Waals surface area contributed by atoms with Crippen LogP contribution in [0, 0.1) is 5.41 Å². The van der Waals surface area contributed by atoms with Crippen LogP contribution in [0.4, 0.5) is 0 Å². The fourth-order valence-electron chi connectivity index (χ4n) is 4.68. The molecule has 136 valence electrons. The lowest BCUT2D eigenvalue weighted by Crippen LogP contribution is -2.52. The average molecular weight is 327 g/mol. The Morgan fingerprint density at radius 3 is 2.48 bits per heavy atom. The summed E-state index contributed by atoms with van der Waals surface area (Å²) in [5.41, 5.74) is 0.328. The molecular weight excluding hydrogens is 288 g/mol. The molecule has 4 heteroatoms. The van der Waals surface area contributed by atoms with E-state index >= 15 is 0 Å². The predicted octanol–water partition coefficient (Wildman–Crippen LogP) is 3.01. The monoisotopic (exact) mass is 326 g/mol. The van der Waals surface area contributed by atoms with Crippen LogP contribution in [0.15, 0.2) is 0 Å². The summed E-state index contributed by atoms with van der Waals surface area (Å²) in [6.45, 7) is 13.2. The van der Waals surface area contributed by atoms with E-state index in [0.717, 1.165) is 32.7 Å². The quantitative estimate of drug-likeness (QED) is 0.684. The standard InChI is InChI=1S/C19H38N2O2/c1-6-10-21(13-17-8-7-11-22-17)16-19(15-20(4)5)9-12-23-18(2,3)14-19/h17H,6-16H2,1-5H3. The van der Waals surface area contributed by atoms with Crippen molar-refractivity contribution in [2.45, 2.75) is 64.6 Å². The highest BCUT2D eigenvalue weighted by Gasteiger charge is 2.42. The maximum absolute atomic E-state index is 6.02. The molecule has 23 heavy (non-hydrogen) atoms. The van der Waals surface area contributed by atoms with Gasteiger partial charge in [0.15, 0.2) is 0 Å². The van der Waals surface area contributed by atoms with Crippen molar-refractivity contribution >= 4 is 0 Å². The molecule has 0 amide bonds. The molecule has 2 aliphatic rings. The first-order chi connectivity index (χ1) is 10.8. The first-order valence-corrected chi connectivity index (χ1v) is 9.47. The molecule has 2 saturated heterocycles. The van der Waals surface area contributed by atoms with Gasteiger partial charge in [-0.2, -0.15) is 0 Å². The molecule has 0 aromatic rings. The van der Waals surface area contributed by atoms with Gasteiger partial charge in [-0.25, -0.2) is 0 Å². The average Bonchev–Trinajstić information content (AvgIpc) is 2.89. The molecule has 0 spiro atoms. The fourth-order valence-corrected chi connectivity index (χ4v) is 4.68.